The number of rotatable bonds is 1. The van der Waals surface area contributed by atoms with E-state index in [4.69, 9.17) is 0 Å². The van der Waals surface area contributed by atoms with E-state index in [0.717, 1.165) is 0 Å². The molecule has 0 aliphatic heterocycles. The summed E-state index contributed by atoms with van der Waals surface area (Å²) in [6.45, 7) is 1.47. The van der Waals surface area contributed by atoms with Crippen LogP contribution in [-0.2, 0) is 0 Å². The van der Waals surface area contributed by atoms with Gasteiger partial charge in [-0.2, -0.15) is 0 Å². The molecule has 70 valence electrons. The molecule has 4 nitrogen and oxygen atoms in total. The van der Waals surface area contributed by atoms with Gasteiger partial charge in [0.05, 0.1) is 5.39 Å². The van der Waals surface area contributed by atoms with E-state index in [1.165, 1.54) is 19.3 Å². The fraction of sp³-hybridized carbons (Fsp3) is 0.100. The van der Waals surface area contributed by atoms with Crippen LogP contribution in [0.4, 0.5) is 0 Å². The maximum Gasteiger partial charge on any atom is 0.257 e. The van der Waals surface area contributed by atoms with E-state index in [-0.39, 0.29) is 11.3 Å². The summed E-state index contributed by atoms with van der Waals surface area (Å²) in [4.78, 5) is 28.9. The second-order valence-corrected chi connectivity index (χ2v) is 3.01. The molecule has 0 aliphatic carbocycles. The zero-order valence-electron chi connectivity index (χ0n) is 7.57. The Morgan fingerprint density at radius 2 is 2.21 bits per heavy atom. The summed E-state index contributed by atoms with van der Waals surface area (Å²) in [6.07, 6.45) is 4.46. The smallest absolute Gasteiger partial charge is 0.257 e. The van der Waals surface area contributed by atoms with E-state index in [1.54, 1.807) is 12.3 Å². The van der Waals surface area contributed by atoms with Crippen LogP contribution >= 0.6 is 0 Å². The number of hydrogen-bond acceptors (Lipinski definition) is 3. The molecule has 2 rings (SSSR count). The van der Waals surface area contributed by atoms with Crippen molar-refractivity contribution in [3.05, 3.63) is 40.6 Å². The van der Waals surface area contributed by atoms with Crippen LogP contribution in [0.1, 0.15) is 17.3 Å². The number of carbonyl (C=O) groups is 1. The first-order chi connectivity index (χ1) is 6.70. The van der Waals surface area contributed by atoms with E-state index < -0.39 is 0 Å². The third-order valence-electron chi connectivity index (χ3n) is 2.08. The van der Waals surface area contributed by atoms with Crippen molar-refractivity contribution in [3.8, 4) is 0 Å². The number of carbonyl (C=O) groups excluding carboxylic acids is 1. The predicted octanol–water partition coefficient (Wildman–Crippen LogP) is 1.13. The maximum absolute atomic E-state index is 11.3. The van der Waals surface area contributed by atoms with Gasteiger partial charge in [0.1, 0.15) is 0 Å². The molecule has 0 fully saturated rings. The number of Topliss-reactive ketones (excluding diaryl/α,β-unsaturated/α-hetero) is 1. The molecule has 0 aliphatic rings. The quantitative estimate of drug-likeness (QED) is 0.682. The SMILES string of the molecule is CC(=O)c1c[nH]c(=O)c2cnccc12. The fourth-order valence-electron chi connectivity index (χ4n) is 1.39. The monoisotopic (exact) mass is 188 g/mol. The Kier molecular flexibility index (Phi) is 1.89. The molecule has 2 heterocycles. The summed E-state index contributed by atoms with van der Waals surface area (Å²) in [5, 5.41) is 1.09. The number of nitrogens with one attached hydrogen (secondary N) is 1. The fourth-order valence-corrected chi connectivity index (χ4v) is 1.39. The van der Waals surface area contributed by atoms with Crippen molar-refractivity contribution in [3.63, 3.8) is 0 Å². The van der Waals surface area contributed by atoms with Gasteiger partial charge < -0.3 is 4.98 Å². The minimum Gasteiger partial charge on any atom is -0.328 e. The van der Waals surface area contributed by atoms with Crippen LogP contribution in [0.15, 0.2) is 29.5 Å². The molecule has 0 atom stereocenters. The van der Waals surface area contributed by atoms with Gasteiger partial charge in [-0.3, -0.25) is 14.6 Å². The van der Waals surface area contributed by atoms with Crippen molar-refractivity contribution < 1.29 is 4.79 Å². The summed E-state index contributed by atoms with van der Waals surface area (Å²) < 4.78 is 0. The summed E-state index contributed by atoms with van der Waals surface area (Å²) in [7, 11) is 0. The van der Waals surface area contributed by atoms with Crippen LogP contribution in [0.2, 0.25) is 0 Å². The lowest BCUT2D eigenvalue weighted by Gasteiger charge is -2.00. The molecule has 0 radical (unpaired) electrons. The summed E-state index contributed by atoms with van der Waals surface area (Å²) >= 11 is 0. The van der Waals surface area contributed by atoms with Crippen LogP contribution in [0.3, 0.4) is 0 Å². The van der Waals surface area contributed by atoms with Crippen molar-refractivity contribution >= 4 is 16.6 Å². The lowest BCUT2D eigenvalue weighted by atomic mass is 10.1. The van der Waals surface area contributed by atoms with E-state index in [2.05, 4.69) is 9.97 Å². The molecule has 2 aromatic rings. The van der Waals surface area contributed by atoms with E-state index in [1.807, 2.05) is 0 Å². The van der Waals surface area contributed by atoms with Crippen LogP contribution in [0.25, 0.3) is 10.8 Å². The highest BCUT2D eigenvalue weighted by atomic mass is 16.1. The molecular weight excluding hydrogens is 180 g/mol. The molecule has 0 unspecified atom stereocenters. The summed E-state index contributed by atoms with van der Waals surface area (Å²) in [5.74, 6) is -0.0718. The lowest BCUT2D eigenvalue weighted by molar-refractivity contribution is 0.101. The van der Waals surface area contributed by atoms with Crippen molar-refractivity contribution in [1.29, 1.82) is 0 Å². The number of aromatic nitrogens is 2. The number of ketones is 1. The molecular formula is C10H8N2O2. The topological polar surface area (TPSA) is 62.8 Å². The second kappa shape index (κ2) is 3.06. The minimum atomic E-state index is -0.224. The lowest BCUT2D eigenvalue weighted by Crippen LogP contribution is -2.09. The van der Waals surface area contributed by atoms with Crippen molar-refractivity contribution in [2.45, 2.75) is 6.92 Å². The molecule has 0 amide bonds. The highest BCUT2D eigenvalue weighted by Crippen LogP contribution is 2.12. The molecule has 0 saturated heterocycles. The van der Waals surface area contributed by atoms with Gasteiger partial charge >= 0.3 is 0 Å². The third kappa shape index (κ3) is 1.21. The van der Waals surface area contributed by atoms with Gasteiger partial charge in [0.25, 0.3) is 5.56 Å². The average molecular weight is 188 g/mol. The zero-order chi connectivity index (χ0) is 10.1. The Morgan fingerprint density at radius 3 is 2.93 bits per heavy atom. The first kappa shape index (κ1) is 8.62. The highest BCUT2D eigenvalue weighted by molar-refractivity contribution is 6.06. The van der Waals surface area contributed by atoms with E-state index in [9.17, 15) is 9.59 Å². The standard InChI is InChI=1S/C10H8N2O2/c1-6(13)8-5-12-10(14)9-4-11-3-2-7(8)9/h2-5H,1H3,(H,12,14). The number of fused-ring (bicyclic) bond motifs is 1. The maximum atomic E-state index is 11.3. The Bertz CT molecular complexity index is 557. The number of aromatic amines is 1. The first-order valence-corrected chi connectivity index (χ1v) is 4.16. The molecule has 0 spiro atoms. The Morgan fingerprint density at radius 1 is 1.43 bits per heavy atom. The summed E-state index contributed by atoms with van der Waals surface area (Å²) in [5.41, 5.74) is 0.292. The molecule has 0 bridgehead atoms. The molecule has 2 aromatic heterocycles. The Balaban J connectivity index is 2.96. The van der Waals surface area contributed by atoms with Crippen LogP contribution in [0, 0.1) is 0 Å². The van der Waals surface area contributed by atoms with Gasteiger partial charge in [-0.25, -0.2) is 0 Å². The number of H-pyrrole nitrogens is 1. The van der Waals surface area contributed by atoms with Crippen LogP contribution < -0.4 is 5.56 Å². The van der Waals surface area contributed by atoms with Gasteiger partial charge in [0.2, 0.25) is 0 Å². The van der Waals surface area contributed by atoms with Crippen molar-refractivity contribution in [2.75, 3.05) is 0 Å². The largest absolute Gasteiger partial charge is 0.328 e. The average Bonchev–Trinajstić information content (AvgIpc) is 2.18. The molecule has 0 saturated carbocycles. The van der Waals surface area contributed by atoms with Gasteiger partial charge in [0, 0.05) is 29.5 Å². The second-order valence-electron chi connectivity index (χ2n) is 3.01. The van der Waals surface area contributed by atoms with Crippen molar-refractivity contribution in [2.24, 2.45) is 0 Å². The molecule has 1 N–H and O–H groups in total. The van der Waals surface area contributed by atoms with Gasteiger partial charge in [-0.15, -0.1) is 0 Å². The Hall–Kier alpha value is -1.97. The minimum absolute atomic E-state index is 0.0718. The summed E-state index contributed by atoms with van der Waals surface area (Å²) in [6, 6.07) is 1.67. The third-order valence-corrected chi connectivity index (χ3v) is 2.08. The zero-order valence-corrected chi connectivity index (χ0v) is 7.57. The van der Waals surface area contributed by atoms with Gasteiger partial charge in [0.15, 0.2) is 5.78 Å². The molecule has 14 heavy (non-hydrogen) atoms. The number of hydrogen-bond donors (Lipinski definition) is 1. The van der Waals surface area contributed by atoms with Crippen LogP contribution in [0.5, 0.6) is 0 Å². The first-order valence-electron chi connectivity index (χ1n) is 4.16. The van der Waals surface area contributed by atoms with Crippen molar-refractivity contribution in [1.82, 2.24) is 9.97 Å². The number of nitrogens with zero attached hydrogens (tertiary/aromatic N) is 1. The predicted molar refractivity (Wildman–Crippen MR) is 52.4 cm³/mol. The van der Waals surface area contributed by atoms with E-state index in [0.29, 0.717) is 16.3 Å². The molecule has 4 heteroatoms. The Labute approximate surface area is 79.6 Å². The molecule has 0 aromatic carbocycles. The van der Waals surface area contributed by atoms with E-state index >= 15 is 0 Å². The van der Waals surface area contributed by atoms with Crippen LogP contribution in [-0.4, -0.2) is 15.8 Å². The number of pyridine rings is 2. The van der Waals surface area contributed by atoms with Gasteiger partial charge in [-0.05, 0) is 13.0 Å². The van der Waals surface area contributed by atoms with Gasteiger partial charge in [-0.1, -0.05) is 0 Å². The normalized spacial score (nSPS) is 10.4. The highest BCUT2D eigenvalue weighted by Gasteiger charge is 2.07.